The van der Waals surface area contributed by atoms with E-state index in [1.54, 1.807) is 6.92 Å². The summed E-state index contributed by atoms with van der Waals surface area (Å²) in [6.07, 6.45) is 0.459. The number of benzene rings is 1. The van der Waals surface area contributed by atoms with Crippen molar-refractivity contribution in [2.24, 2.45) is 5.73 Å². The van der Waals surface area contributed by atoms with Crippen LogP contribution in [0.15, 0.2) is 12.1 Å². The molecule has 0 radical (unpaired) electrons. The molecule has 0 saturated carbocycles. The largest absolute Gasteiger partial charge is 0.380 e. The van der Waals surface area contributed by atoms with Crippen LogP contribution in [0.4, 0.5) is 8.78 Å². The number of nitrogens with two attached hydrogens (primary N) is 1. The van der Waals surface area contributed by atoms with Crippen molar-refractivity contribution < 1.29 is 13.5 Å². The molecule has 0 aliphatic rings. The van der Waals surface area contributed by atoms with E-state index in [9.17, 15) is 8.78 Å². The summed E-state index contributed by atoms with van der Waals surface area (Å²) < 4.78 is 31.5. The number of rotatable bonds is 4. The Morgan fingerprint density at radius 3 is 2.27 bits per heavy atom. The second kappa shape index (κ2) is 5.19. The van der Waals surface area contributed by atoms with Crippen molar-refractivity contribution in [3.63, 3.8) is 0 Å². The first-order valence-corrected chi connectivity index (χ1v) is 4.76. The van der Waals surface area contributed by atoms with E-state index < -0.39 is 11.6 Å². The lowest BCUT2D eigenvalue weighted by Gasteiger charge is -2.09. The van der Waals surface area contributed by atoms with Crippen molar-refractivity contribution in [3.8, 4) is 0 Å². The minimum Gasteiger partial charge on any atom is -0.380 e. The topological polar surface area (TPSA) is 35.2 Å². The zero-order chi connectivity index (χ0) is 11.4. The van der Waals surface area contributed by atoms with Gasteiger partial charge in [-0.2, -0.15) is 0 Å². The molecule has 1 aromatic rings. The van der Waals surface area contributed by atoms with Gasteiger partial charge in [0.1, 0.15) is 11.6 Å². The summed E-state index contributed by atoms with van der Waals surface area (Å²) in [6, 6.07) is 2.50. The Morgan fingerprint density at radius 1 is 1.33 bits per heavy atom. The molecule has 0 amide bonds. The van der Waals surface area contributed by atoms with Gasteiger partial charge in [0.2, 0.25) is 0 Å². The summed E-state index contributed by atoms with van der Waals surface area (Å²) in [5, 5.41) is 0. The van der Waals surface area contributed by atoms with Gasteiger partial charge in [-0.05, 0) is 31.0 Å². The highest BCUT2D eigenvalue weighted by Crippen LogP contribution is 2.17. The van der Waals surface area contributed by atoms with E-state index in [0.29, 0.717) is 12.0 Å². The van der Waals surface area contributed by atoms with Crippen LogP contribution in [-0.2, 0) is 17.8 Å². The third-order valence-electron chi connectivity index (χ3n) is 2.05. The van der Waals surface area contributed by atoms with Gasteiger partial charge in [-0.1, -0.05) is 0 Å². The van der Waals surface area contributed by atoms with Gasteiger partial charge in [-0.25, -0.2) is 8.78 Å². The van der Waals surface area contributed by atoms with Crippen molar-refractivity contribution in [1.82, 2.24) is 0 Å². The third-order valence-corrected chi connectivity index (χ3v) is 2.05. The molecule has 2 nitrogen and oxygen atoms in total. The van der Waals surface area contributed by atoms with Crippen LogP contribution in [-0.4, -0.2) is 13.2 Å². The van der Waals surface area contributed by atoms with E-state index >= 15 is 0 Å². The maximum Gasteiger partial charge on any atom is 0.131 e. The standard InChI is InChI=1S/C11H15F2NO/c1-7(14)3-8-4-10(12)9(6-15-2)11(13)5-8/h4-5,7H,3,6,14H2,1-2H3. The fourth-order valence-electron chi connectivity index (χ4n) is 1.43. The number of methoxy groups -OCH3 is 1. The first-order chi connectivity index (χ1) is 7.04. The molecule has 0 aliphatic heterocycles. The molecule has 0 aliphatic carbocycles. The molecule has 0 fully saturated rings. The van der Waals surface area contributed by atoms with E-state index in [1.807, 2.05) is 0 Å². The van der Waals surface area contributed by atoms with Crippen molar-refractivity contribution in [2.45, 2.75) is 26.0 Å². The van der Waals surface area contributed by atoms with Gasteiger partial charge in [0.25, 0.3) is 0 Å². The monoisotopic (exact) mass is 215 g/mol. The van der Waals surface area contributed by atoms with Crippen molar-refractivity contribution in [3.05, 3.63) is 34.9 Å². The molecule has 0 saturated heterocycles. The van der Waals surface area contributed by atoms with Gasteiger partial charge in [-0.15, -0.1) is 0 Å². The molecule has 0 heterocycles. The molecule has 2 N–H and O–H groups in total. The molecule has 15 heavy (non-hydrogen) atoms. The fourth-order valence-corrected chi connectivity index (χ4v) is 1.43. The van der Waals surface area contributed by atoms with Crippen LogP contribution < -0.4 is 5.73 Å². The van der Waals surface area contributed by atoms with E-state index in [0.717, 1.165) is 0 Å². The quantitative estimate of drug-likeness (QED) is 0.833. The van der Waals surface area contributed by atoms with Crippen molar-refractivity contribution in [2.75, 3.05) is 7.11 Å². The Labute approximate surface area is 88.0 Å². The van der Waals surface area contributed by atoms with E-state index in [4.69, 9.17) is 10.5 Å². The van der Waals surface area contributed by atoms with Crippen LogP contribution in [0, 0.1) is 11.6 Å². The molecule has 0 aromatic heterocycles. The summed E-state index contributed by atoms with van der Waals surface area (Å²) in [5.74, 6) is -1.15. The molecule has 1 atom stereocenters. The summed E-state index contributed by atoms with van der Waals surface area (Å²) in [7, 11) is 1.40. The molecule has 0 spiro atoms. The molecule has 0 bridgehead atoms. The smallest absolute Gasteiger partial charge is 0.131 e. The predicted molar refractivity (Wildman–Crippen MR) is 54.4 cm³/mol. The molecule has 1 unspecified atom stereocenters. The minimum absolute atomic E-state index is 0.0362. The number of hydrogen-bond donors (Lipinski definition) is 1. The van der Waals surface area contributed by atoms with Gasteiger partial charge < -0.3 is 10.5 Å². The van der Waals surface area contributed by atoms with Crippen LogP contribution in [0.1, 0.15) is 18.1 Å². The molecule has 1 aromatic carbocycles. The van der Waals surface area contributed by atoms with Gasteiger partial charge in [-0.3, -0.25) is 0 Å². The van der Waals surface area contributed by atoms with Crippen LogP contribution in [0.25, 0.3) is 0 Å². The average molecular weight is 215 g/mol. The maximum atomic E-state index is 13.4. The first-order valence-electron chi connectivity index (χ1n) is 4.76. The van der Waals surface area contributed by atoms with Crippen LogP contribution in [0.2, 0.25) is 0 Å². The second-order valence-corrected chi connectivity index (χ2v) is 3.65. The summed E-state index contributed by atoms with van der Waals surface area (Å²) in [6.45, 7) is 1.73. The minimum atomic E-state index is -0.576. The third kappa shape index (κ3) is 3.25. The van der Waals surface area contributed by atoms with Crippen LogP contribution >= 0.6 is 0 Å². The predicted octanol–water partition coefficient (Wildman–Crippen LogP) is 2.00. The number of halogens is 2. The van der Waals surface area contributed by atoms with Crippen LogP contribution in [0.3, 0.4) is 0 Å². The number of hydrogen-bond acceptors (Lipinski definition) is 2. The Morgan fingerprint density at radius 2 is 1.87 bits per heavy atom. The summed E-state index contributed by atoms with van der Waals surface area (Å²) in [4.78, 5) is 0. The highest BCUT2D eigenvalue weighted by atomic mass is 19.1. The maximum absolute atomic E-state index is 13.4. The van der Waals surface area contributed by atoms with Gasteiger partial charge in [0.05, 0.1) is 6.61 Å². The molecular weight excluding hydrogens is 200 g/mol. The van der Waals surface area contributed by atoms with E-state index in [2.05, 4.69) is 0 Å². The van der Waals surface area contributed by atoms with E-state index in [1.165, 1.54) is 19.2 Å². The Balaban J connectivity index is 2.97. The Bertz CT molecular complexity index is 316. The van der Waals surface area contributed by atoms with Crippen molar-refractivity contribution >= 4 is 0 Å². The number of ether oxygens (including phenoxy) is 1. The lowest BCUT2D eigenvalue weighted by Crippen LogP contribution is -2.18. The van der Waals surface area contributed by atoms with Gasteiger partial charge >= 0.3 is 0 Å². The highest BCUT2D eigenvalue weighted by molar-refractivity contribution is 5.26. The lowest BCUT2D eigenvalue weighted by molar-refractivity contribution is 0.177. The molecule has 84 valence electrons. The first kappa shape index (κ1) is 12.1. The van der Waals surface area contributed by atoms with Gasteiger partial charge in [0, 0.05) is 18.7 Å². The highest BCUT2D eigenvalue weighted by Gasteiger charge is 2.11. The van der Waals surface area contributed by atoms with Crippen molar-refractivity contribution in [1.29, 1.82) is 0 Å². The Kier molecular flexibility index (Phi) is 4.17. The molecule has 4 heteroatoms. The molecular formula is C11H15F2NO. The molecule has 1 rings (SSSR count). The van der Waals surface area contributed by atoms with E-state index in [-0.39, 0.29) is 18.2 Å². The zero-order valence-corrected chi connectivity index (χ0v) is 8.89. The second-order valence-electron chi connectivity index (χ2n) is 3.65. The Hall–Kier alpha value is -1.00. The van der Waals surface area contributed by atoms with Gasteiger partial charge in [0.15, 0.2) is 0 Å². The summed E-state index contributed by atoms with van der Waals surface area (Å²) in [5.41, 5.74) is 6.08. The zero-order valence-electron chi connectivity index (χ0n) is 8.89. The lowest BCUT2D eigenvalue weighted by atomic mass is 10.0. The summed E-state index contributed by atoms with van der Waals surface area (Å²) >= 11 is 0. The SMILES string of the molecule is COCc1c(F)cc(CC(C)N)cc1F. The fraction of sp³-hybridized carbons (Fsp3) is 0.455. The average Bonchev–Trinajstić information content (AvgIpc) is 2.10. The van der Waals surface area contributed by atoms with Crippen LogP contribution in [0.5, 0.6) is 0 Å². The normalized spacial score (nSPS) is 12.9.